The molecule has 4 saturated carbocycles. The Bertz CT molecular complexity index is 2730. The largest absolute Gasteiger partial charge is 0.497 e. The lowest BCUT2D eigenvalue weighted by atomic mass is 10.1. The Labute approximate surface area is 406 Å². The maximum Gasteiger partial charge on any atom is 0.332 e. The second kappa shape index (κ2) is 21.2. The number of hydrogen-bond donors (Lipinski definition) is 3. The van der Waals surface area contributed by atoms with Crippen LogP contribution in [0.3, 0.4) is 0 Å². The van der Waals surface area contributed by atoms with E-state index in [-0.39, 0.29) is 64.5 Å². The lowest BCUT2D eigenvalue weighted by molar-refractivity contribution is -0.147. The predicted molar refractivity (Wildman–Crippen MR) is 258 cm³/mol. The van der Waals surface area contributed by atoms with Crippen LogP contribution in [0.4, 0.5) is 0 Å². The highest BCUT2D eigenvalue weighted by atomic mass is 79.9. The molecule has 2 amide bonds. The minimum Gasteiger partial charge on any atom is -0.497 e. The molecule has 4 aliphatic rings. The number of hydrazone groups is 1. The van der Waals surface area contributed by atoms with E-state index in [2.05, 4.69) is 54.8 Å². The summed E-state index contributed by atoms with van der Waals surface area (Å²) >= 11 is 3.20. The molecule has 4 N–H and O–H groups in total. The second-order valence-corrected chi connectivity index (χ2v) is 18.0. The molecule has 364 valence electrons. The van der Waals surface area contributed by atoms with Crippen molar-refractivity contribution in [3.05, 3.63) is 85.2 Å². The van der Waals surface area contributed by atoms with Gasteiger partial charge in [-0.15, -0.1) is 13.2 Å². The molecule has 19 heteroatoms. The highest BCUT2D eigenvalue weighted by molar-refractivity contribution is 9.09. The molecular weight excluding hydrogens is 956 g/mol. The van der Waals surface area contributed by atoms with Crippen LogP contribution in [-0.2, 0) is 28.7 Å². The molecule has 0 saturated heterocycles. The Morgan fingerprint density at radius 1 is 0.710 bits per heavy atom. The van der Waals surface area contributed by atoms with Gasteiger partial charge in [-0.2, -0.15) is 5.10 Å². The second-order valence-electron chi connectivity index (χ2n) is 17.5. The standard InChI is InChI=1S/C25H27BrN2O6.C25H28N4O6/c1-4-15-12-25(15,24(31)33-3)28-23(30)14-5-6-17(9-14)34-22-11-20(21(29)13-26)27-19-10-16(32-2)7-8-18(19)22;1-4-15-12-25(15,24(32)34-3)29-23(31)14-5-6-17(9-14)35-22-11-20(21(30)13-27-26)28-19-10-16(33-2)7-8-18(19)22/h4,7-8,10-11,14-15,17H,1,5-6,9,12-13H2,2-3H3,(H,28,30);4,7-8,10-11,13-15,17H,1,5-6,9,12,26H2,2-3H3,(H,29,31)/b;27-13+/t2*14-,15-,17?,25+/m00/s1. The number of alkyl halides is 1. The Kier molecular flexibility index (Phi) is 15.3. The molecule has 4 aromatic rings. The first-order valence-electron chi connectivity index (χ1n) is 22.4. The number of methoxy groups -OCH3 is 4. The minimum atomic E-state index is -1.02. The number of aromatic nitrogens is 2. The summed E-state index contributed by atoms with van der Waals surface area (Å²) < 4.78 is 32.9. The number of nitrogens with zero attached hydrogens (tertiary/aromatic N) is 3. The summed E-state index contributed by atoms with van der Waals surface area (Å²) in [4.78, 5) is 84.0. The van der Waals surface area contributed by atoms with Gasteiger partial charge >= 0.3 is 11.9 Å². The number of esters is 2. The zero-order chi connectivity index (χ0) is 49.6. The average Bonchev–Trinajstić information content (AvgIpc) is 4.11. The molecule has 0 spiro atoms. The molecular formula is C50H55BrN6O12. The number of carbonyl (C=O) groups is 6. The molecule has 4 aliphatic carbocycles. The Morgan fingerprint density at radius 3 is 1.55 bits per heavy atom. The maximum atomic E-state index is 13.0. The quantitative estimate of drug-likeness (QED) is 0.0204. The van der Waals surface area contributed by atoms with Gasteiger partial charge < -0.3 is 44.9 Å². The van der Waals surface area contributed by atoms with Crippen molar-refractivity contribution in [2.75, 3.05) is 33.8 Å². The first-order chi connectivity index (χ1) is 33.2. The number of amides is 2. The number of nitrogens with one attached hydrogen (secondary N) is 2. The first kappa shape index (κ1) is 50.0. The van der Waals surface area contributed by atoms with Gasteiger partial charge in [-0.25, -0.2) is 19.6 Å². The number of pyridine rings is 2. The molecule has 0 radical (unpaired) electrons. The summed E-state index contributed by atoms with van der Waals surface area (Å²) in [6.45, 7) is 7.47. The van der Waals surface area contributed by atoms with Crippen LogP contribution in [0.2, 0.25) is 0 Å². The lowest BCUT2D eigenvalue weighted by Crippen LogP contribution is -2.47. The fraction of sp³-hybridized carbons (Fsp3) is 0.420. The van der Waals surface area contributed by atoms with Gasteiger partial charge in [0.2, 0.25) is 17.6 Å². The van der Waals surface area contributed by atoms with Crippen LogP contribution in [0, 0.1) is 23.7 Å². The van der Waals surface area contributed by atoms with Crippen molar-refractivity contribution in [1.29, 1.82) is 0 Å². The molecule has 18 nitrogen and oxygen atoms in total. The third-order valence-electron chi connectivity index (χ3n) is 13.3. The summed E-state index contributed by atoms with van der Waals surface area (Å²) in [6, 6.07) is 13.9. The van der Waals surface area contributed by atoms with Crippen molar-refractivity contribution in [2.24, 2.45) is 34.6 Å². The Hall–Kier alpha value is -6.89. The van der Waals surface area contributed by atoms with Crippen molar-refractivity contribution >= 4 is 79.3 Å². The molecule has 8 rings (SSSR count). The highest BCUT2D eigenvalue weighted by Crippen LogP contribution is 2.47. The normalized spacial score (nSPS) is 25.3. The molecule has 0 aliphatic heterocycles. The number of ketones is 2. The van der Waals surface area contributed by atoms with Gasteiger partial charge in [-0.3, -0.25) is 19.2 Å². The van der Waals surface area contributed by atoms with Crippen LogP contribution < -0.4 is 35.4 Å². The summed E-state index contributed by atoms with van der Waals surface area (Å²) in [5.41, 5.74) is -0.481. The van der Waals surface area contributed by atoms with Gasteiger partial charge in [0.05, 0.1) is 63.2 Å². The van der Waals surface area contributed by atoms with Crippen LogP contribution in [-0.4, -0.2) is 109 Å². The number of ether oxygens (including phenoxy) is 6. The van der Waals surface area contributed by atoms with E-state index in [0.29, 0.717) is 96.5 Å². The van der Waals surface area contributed by atoms with Gasteiger partial charge in [-0.05, 0) is 75.6 Å². The van der Waals surface area contributed by atoms with Gasteiger partial charge in [0.1, 0.15) is 45.5 Å². The summed E-state index contributed by atoms with van der Waals surface area (Å²) in [5.74, 6) is 4.59. The van der Waals surface area contributed by atoms with Crippen molar-refractivity contribution in [2.45, 2.75) is 74.7 Å². The van der Waals surface area contributed by atoms with Crippen LogP contribution in [0.15, 0.2) is 78.9 Å². The fourth-order valence-electron chi connectivity index (χ4n) is 9.21. The van der Waals surface area contributed by atoms with E-state index >= 15 is 0 Å². The number of Topliss-reactive ketones (excluding diaryl/α,β-unsaturated/α-hetero) is 2. The van der Waals surface area contributed by atoms with Crippen LogP contribution in [0.5, 0.6) is 23.0 Å². The number of rotatable bonds is 18. The van der Waals surface area contributed by atoms with E-state index in [1.54, 1.807) is 56.7 Å². The number of nitrogens with two attached hydrogens (primary N) is 1. The third-order valence-corrected chi connectivity index (χ3v) is 13.8. The van der Waals surface area contributed by atoms with Crippen LogP contribution in [0.25, 0.3) is 21.8 Å². The average molecular weight is 1010 g/mol. The Morgan fingerprint density at radius 2 is 1.16 bits per heavy atom. The summed E-state index contributed by atoms with van der Waals surface area (Å²) in [7, 11) is 5.74. The zero-order valence-corrected chi connectivity index (χ0v) is 40.4. The third kappa shape index (κ3) is 10.6. The van der Waals surface area contributed by atoms with E-state index in [9.17, 15) is 28.8 Å². The van der Waals surface area contributed by atoms with Crippen molar-refractivity contribution in [1.82, 2.24) is 20.6 Å². The molecule has 2 aromatic carbocycles. The molecule has 8 atom stereocenters. The molecule has 2 unspecified atom stereocenters. The molecule has 0 bridgehead atoms. The summed E-state index contributed by atoms with van der Waals surface area (Å²) in [6.07, 6.45) is 8.37. The van der Waals surface area contributed by atoms with E-state index in [0.717, 1.165) is 11.6 Å². The van der Waals surface area contributed by atoms with Gasteiger partial charge in [0.15, 0.2) is 5.78 Å². The number of hydrogen-bond acceptors (Lipinski definition) is 16. The number of carbonyl (C=O) groups excluding carboxylic acids is 6. The SMILES string of the molecule is C=C[C@H]1C[C@]1(NC(=O)[C@H]1CCC(Oc2cc(C(=O)/C=N/N)nc3cc(OC)ccc23)C1)C(=O)OC.C=C[C@H]1C[C@]1(NC(=O)[C@H]1CCC(Oc2cc(C(=O)CBr)nc3cc(OC)ccc23)C1)C(=O)OC. The fourth-order valence-corrected chi connectivity index (χ4v) is 9.50. The number of fused-ring (bicyclic) bond motifs is 2. The van der Waals surface area contributed by atoms with Crippen molar-refractivity contribution < 1.29 is 57.2 Å². The molecule has 69 heavy (non-hydrogen) atoms. The van der Waals surface area contributed by atoms with Crippen LogP contribution in [0.1, 0.15) is 72.3 Å². The lowest BCUT2D eigenvalue weighted by Gasteiger charge is -2.20. The molecule has 2 heterocycles. The van der Waals surface area contributed by atoms with Gasteiger partial charge in [0, 0.05) is 58.7 Å². The van der Waals surface area contributed by atoms with E-state index < -0.39 is 28.8 Å². The van der Waals surface area contributed by atoms with E-state index in [1.807, 2.05) is 18.2 Å². The monoisotopic (exact) mass is 1010 g/mol. The first-order valence-corrected chi connectivity index (χ1v) is 23.6. The van der Waals surface area contributed by atoms with Gasteiger partial charge in [-0.1, -0.05) is 28.1 Å². The van der Waals surface area contributed by atoms with E-state index in [4.69, 9.17) is 34.3 Å². The minimum absolute atomic E-state index is 0.122. The smallest absolute Gasteiger partial charge is 0.332 e. The highest BCUT2D eigenvalue weighted by Gasteiger charge is 2.62. The van der Waals surface area contributed by atoms with Gasteiger partial charge in [0.25, 0.3) is 0 Å². The predicted octanol–water partition coefficient (Wildman–Crippen LogP) is 5.75. The van der Waals surface area contributed by atoms with Crippen LogP contribution >= 0.6 is 15.9 Å². The number of benzene rings is 2. The van der Waals surface area contributed by atoms with Crippen molar-refractivity contribution in [3.63, 3.8) is 0 Å². The topological polar surface area (TPSA) is 246 Å². The zero-order valence-electron chi connectivity index (χ0n) is 38.8. The van der Waals surface area contributed by atoms with Crippen molar-refractivity contribution in [3.8, 4) is 23.0 Å². The van der Waals surface area contributed by atoms with E-state index in [1.165, 1.54) is 14.2 Å². The maximum absolute atomic E-state index is 13.0. The molecule has 4 fully saturated rings. The summed E-state index contributed by atoms with van der Waals surface area (Å²) in [5, 5.41) is 10.7. The number of halogens is 1. The Balaban J connectivity index is 0.000000204. The molecule has 2 aromatic heterocycles.